The molecule has 0 radical (unpaired) electrons. The Kier molecular flexibility index (Phi) is 7.20. The monoisotopic (exact) mass is 764 g/mol. The van der Waals surface area contributed by atoms with Gasteiger partial charge in [0.15, 0.2) is 0 Å². The van der Waals surface area contributed by atoms with E-state index >= 15 is 0 Å². The summed E-state index contributed by atoms with van der Waals surface area (Å²) in [7, 11) is 0. The molecule has 2 aromatic heterocycles. The number of furan rings is 1. The van der Waals surface area contributed by atoms with Crippen molar-refractivity contribution in [3.05, 3.63) is 205 Å². The minimum Gasteiger partial charge on any atom is -0.456 e. The zero-order valence-corrected chi connectivity index (χ0v) is 32.7. The number of hydrogen-bond acceptors (Lipinski definition) is 3. The van der Waals surface area contributed by atoms with E-state index in [1.807, 2.05) is 0 Å². The molecule has 0 aliphatic heterocycles. The number of benzene rings is 10. The molecule has 0 amide bonds. The predicted molar refractivity (Wildman–Crippen MR) is 250 cm³/mol. The number of aromatic nitrogens is 2. The number of aryl methyl sites for hydroxylation is 1. The second-order valence-corrected chi connectivity index (χ2v) is 16.2. The van der Waals surface area contributed by atoms with Gasteiger partial charge in [-0.1, -0.05) is 176 Å². The molecule has 0 saturated carbocycles. The summed E-state index contributed by atoms with van der Waals surface area (Å²) in [5, 5.41) is 11.7. The molecule has 280 valence electrons. The van der Waals surface area contributed by atoms with Gasteiger partial charge in [-0.15, -0.1) is 0 Å². The van der Waals surface area contributed by atoms with Crippen LogP contribution in [0.2, 0.25) is 0 Å². The maximum Gasteiger partial charge on any atom is 0.140 e. The lowest BCUT2D eigenvalue weighted by Crippen LogP contribution is -2.10. The summed E-state index contributed by atoms with van der Waals surface area (Å²) in [5.74, 6) is -0.149. The van der Waals surface area contributed by atoms with Crippen LogP contribution >= 0.6 is 0 Å². The minimum atomic E-state index is -0.149. The smallest absolute Gasteiger partial charge is 0.140 e. The first kappa shape index (κ1) is 33.4. The lowest BCUT2D eigenvalue weighted by Gasteiger charge is -2.23. The van der Waals surface area contributed by atoms with Crippen LogP contribution in [0.4, 0.5) is 0 Å². The van der Waals surface area contributed by atoms with Gasteiger partial charge in [0.2, 0.25) is 0 Å². The van der Waals surface area contributed by atoms with Gasteiger partial charge in [0, 0.05) is 38.6 Å². The Morgan fingerprint density at radius 2 is 1.05 bits per heavy atom. The van der Waals surface area contributed by atoms with Gasteiger partial charge in [-0.2, -0.15) is 0 Å². The van der Waals surface area contributed by atoms with Crippen molar-refractivity contribution in [3.63, 3.8) is 0 Å². The molecule has 1 aliphatic rings. The third kappa shape index (κ3) is 4.84. The predicted octanol–water partition coefficient (Wildman–Crippen LogP) is 15.2. The molecule has 60 heavy (non-hydrogen) atoms. The number of rotatable bonds is 3. The minimum absolute atomic E-state index is 0.149. The molecule has 10 aromatic carbocycles. The highest BCUT2D eigenvalue weighted by Crippen LogP contribution is 2.53. The van der Waals surface area contributed by atoms with Gasteiger partial charge in [0.25, 0.3) is 0 Å². The molecule has 1 atom stereocenters. The molecule has 0 fully saturated rings. The van der Waals surface area contributed by atoms with E-state index in [1.165, 1.54) is 65.7 Å². The summed E-state index contributed by atoms with van der Waals surface area (Å²) in [6.07, 6.45) is 1.70. The van der Waals surface area contributed by atoms with Crippen LogP contribution in [0.1, 0.15) is 29.2 Å². The quantitative estimate of drug-likeness (QED) is 0.168. The maximum atomic E-state index is 7.32. The third-order valence-corrected chi connectivity index (χ3v) is 13.1. The van der Waals surface area contributed by atoms with Crippen molar-refractivity contribution in [1.29, 1.82) is 0 Å². The van der Waals surface area contributed by atoms with Crippen LogP contribution in [0.25, 0.3) is 110 Å². The lowest BCUT2D eigenvalue weighted by molar-refractivity contribution is 0.645. The number of nitrogens with zero attached hydrogens (tertiary/aromatic N) is 2. The first-order valence-corrected chi connectivity index (χ1v) is 20.9. The van der Waals surface area contributed by atoms with Crippen molar-refractivity contribution in [2.75, 3.05) is 0 Å². The van der Waals surface area contributed by atoms with Gasteiger partial charge in [-0.05, 0) is 85.1 Å². The average molecular weight is 765 g/mol. The summed E-state index contributed by atoms with van der Waals surface area (Å²) in [4.78, 5) is 11.6. The zero-order chi connectivity index (χ0) is 39.3. The van der Waals surface area contributed by atoms with E-state index < -0.39 is 0 Å². The summed E-state index contributed by atoms with van der Waals surface area (Å²) < 4.78 is 7.32. The second kappa shape index (κ2) is 12.9. The van der Waals surface area contributed by atoms with E-state index in [1.54, 1.807) is 0 Å². The van der Waals surface area contributed by atoms with Crippen molar-refractivity contribution in [2.24, 2.45) is 0 Å². The Bertz CT molecular complexity index is 3720. The highest BCUT2D eigenvalue weighted by Gasteiger charge is 2.34. The second-order valence-electron chi connectivity index (χ2n) is 16.2. The number of fused-ring (bicyclic) bond motifs is 18. The largest absolute Gasteiger partial charge is 0.456 e. The molecule has 13 rings (SSSR count). The van der Waals surface area contributed by atoms with E-state index in [0.717, 1.165) is 73.5 Å². The molecule has 1 unspecified atom stereocenters. The maximum absolute atomic E-state index is 7.32. The van der Waals surface area contributed by atoms with Crippen molar-refractivity contribution < 1.29 is 4.42 Å². The molecular weight excluding hydrogens is 729 g/mol. The van der Waals surface area contributed by atoms with Gasteiger partial charge in [-0.25, -0.2) is 9.97 Å². The Hall–Kier alpha value is -7.62. The Morgan fingerprint density at radius 3 is 1.78 bits per heavy atom. The van der Waals surface area contributed by atoms with Crippen LogP contribution in [-0.4, -0.2) is 9.97 Å². The van der Waals surface area contributed by atoms with Crippen LogP contribution in [0.3, 0.4) is 0 Å². The van der Waals surface area contributed by atoms with Gasteiger partial charge in [0.1, 0.15) is 11.2 Å². The van der Waals surface area contributed by atoms with Crippen LogP contribution in [0, 0.1) is 0 Å². The molecule has 12 aromatic rings. The van der Waals surface area contributed by atoms with Crippen LogP contribution < -0.4 is 0 Å². The summed E-state index contributed by atoms with van der Waals surface area (Å²) in [6.45, 7) is 0. The zero-order valence-electron chi connectivity index (χ0n) is 32.7. The van der Waals surface area contributed by atoms with Crippen molar-refractivity contribution in [1.82, 2.24) is 9.97 Å². The van der Waals surface area contributed by atoms with Gasteiger partial charge < -0.3 is 4.42 Å². The van der Waals surface area contributed by atoms with Crippen LogP contribution in [0.15, 0.2) is 192 Å². The first-order chi connectivity index (χ1) is 29.8. The van der Waals surface area contributed by atoms with E-state index in [2.05, 4.69) is 188 Å². The van der Waals surface area contributed by atoms with Gasteiger partial charge >= 0.3 is 0 Å². The molecule has 0 saturated heterocycles. The van der Waals surface area contributed by atoms with Gasteiger partial charge in [0.05, 0.1) is 22.4 Å². The van der Waals surface area contributed by atoms with Crippen molar-refractivity contribution in [2.45, 2.75) is 18.8 Å². The fraction of sp³-hybridized carbons (Fsp3) is 0.0526. The standard InChI is InChI=1S/C57H36N2O/c1-3-15-34(16-4-1)38-28-27-36-29-31-46(56-53(37-18-5-2-6-19-37)58-54-44-25-13-9-21-40(44)41-22-10-14-26-45(41)55(54)59-56)52-49(47(36)33-38)42-23-11-12-24-43(42)51-50-39-20-8-7-17-35(39)30-32-48(50)60-57(51)52/h1-28,30,32-33,46H,29,31H2. The normalized spacial score (nSPS) is 14.0. The van der Waals surface area contributed by atoms with E-state index in [0.29, 0.717) is 0 Å². The molecule has 0 N–H and O–H groups in total. The Morgan fingerprint density at radius 1 is 0.450 bits per heavy atom. The van der Waals surface area contributed by atoms with Gasteiger partial charge in [-0.3, -0.25) is 0 Å². The molecular formula is C57H36N2O. The van der Waals surface area contributed by atoms with Crippen LogP contribution in [0.5, 0.6) is 0 Å². The summed E-state index contributed by atoms with van der Waals surface area (Å²) >= 11 is 0. The molecule has 1 aliphatic carbocycles. The molecule has 0 bridgehead atoms. The molecule has 3 nitrogen and oxygen atoms in total. The first-order valence-electron chi connectivity index (χ1n) is 20.9. The van der Waals surface area contributed by atoms with Crippen molar-refractivity contribution >= 4 is 76.1 Å². The summed E-state index contributed by atoms with van der Waals surface area (Å²) in [6, 6.07) is 67.9. The third-order valence-electron chi connectivity index (χ3n) is 13.1. The summed E-state index contributed by atoms with van der Waals surface area (Å²) in [5.41, 5.74) is 14.0. The van der Waals surface area contributed by atoms with E-state index in [-0.39, 0.29) is 5.92 Å². The fourth-order valence-electron chi connectivity index (χ4n) is 10.4. The molecule has 2 heterocycles. The SMILES string of the molecule is c1ccc(-c2ccc3c(c2)-c2c(c4oc5ccc6ccccc6c5c4c4ccccc24)C(c2nc4c5ccccc5c5ccccc5c4nc2-c2ccccc2)CC3)cc1. The van der Waals surface area contributed by atoms with E-state index in [9.17, 15) is 0 Å². The Labute approximate surface area is 346 Å². The molecule has 0 spiro atoms. The number of hydrogen-bond donors (Lipinski definition) is 0. The lowest BCUT2D eigenvalue weighted by atomic mass is 9.82. The van der Waals surface area contributed by atoms with E-state index in [4.69, 9.17) is 14.4 Å². The Balaban J connectivity index is 1.22. The fourth-order valence-corrected chi connectivity index (χ4v) is 10.4. The molecule has 3 heteroatoms. The average Bonchev–Trinajstić information content (AvgIpc) is 3.64. The van der Waals surface area contributed by atoms with Crippen LogP contribution in [-0.2, 0) is 6.42 Å². The van der Waals surface area contributed by atoms with Crippen molar-refractivity contribution in [3.8, 4) is 33.5 Å². The highest BCUT2D eigenvalue weighted by molar-refractivity contribution is 6.29. The topological polar surface area (TPSA) is 38.9 Å². The highest BCUT2D eigenvalue weighted by atomic mass is 16.3.